The minimum absolute atomic E-state index is 0.163. The zero-order valence-electron chi connectivity index (χ0n) is 11.8. The Morgan fingerprint density at radius 3 is 3.14 bits per heavy atom. The van der Waals surface area contributed by atoms with Crippen molar-refractivity contribution in [1.29, 1.82) is 0 Å². The first kappa shape index (κ1) is 14.9. The summed E-state index contributed by atoms with van der Waals surface area (Å²) in [6.45, 7) is 0.560. The molecule has 0 saturated carbocycles. The van der Waals surface area contributed by atoms with Gasteiger partial charge in [-0.2, -0.15) is 0 Å². The van der Waals surface area contributed by atoms with Crippen molar-refractivity contribution in [1.82, 2.24) is 14.7 Å². The highest BCUT2D eigenvalue weighted by Crippen LogP contribution is 2.22. The van der Waals surface area contributed by atoms with Crippen LogP contribution in [0, 0.1) is 4.84 Å². The molecule has 2 atom stereocenters. The minimum Gasteiger partial charge on any atom is -0.468 e. The summed E-state index contributed by atoms with van der Waals surface area (Å²) in [5.74, 6) is 0.345. The van der Waals surface area contributed by atoms with E-state index >= 15 is 0 Å². The maximum absolute atomic E-state index is 11.8. The number of aliphatic hydroxyl groups excluding tert-OH is 1. The van der Waals surface area contributed by atoms with Crippen LogP contribution in [0.1, 0.15) is 6.42 Å². The summed E-state index contributed by atoms with van der Waals surface area (Å²) in [7, 11) is 1.32. The molecule has 9 heteroatoms. The van der Waals surface area contributed by atoms with Crippen LogP contribution >= 0.6 is 12.2 Å². The predicted octanol–water partition coefficient (Wildman–Crippen LogP) is 1.03. The molecule has 2 aromatic heterocycles. The van der Waals surface area contributed by atoms with Gasteiger partial charge in [0.2, 0.25) is 0 Å². The van der Waals surface area contributed by atoms with Gasteiger partial charge in [-0.25, -0.2) is 4.68 Å². The van der Waals surface area contributed by atoms with Crippen molar-refractivity contribution < 1.29 is 23.5 Å². The summed E-state index contributed by atoms with van der Waals surface area (Å²) in [6, 6.07) is 2.91. The van der Waals surface area contributed by atoms with E-state index in [2.05, 4.69) is 5.10 Å². The highest BCUT2D eigenvalue weighted by molar-refractivity contribution is 7.71. The van der Waals surface area contributed by atoms with Gasteiger partial charge >= 0.3 is 5.97 Å². The van der Waals surface area contributed by atoms with Crippen LogP contribution in [0.15, 0.2) is 27.2 Å². The van der Waals surface area contributed by atoms with E-state index in [4.69, 9.17) is 25.8 Å². The average Bonchev–Trinajstić information content (AvgIpc) is 3.20. The van der Waals surface area contributed by atoms with Crippen LogP contribution in [0.25, 0.3) is 11.7 Å². The lowest BCUT2D eigenvalue weighted by Crippen LogP contribution is -2.38. The Kier molecular flexibility index (Phi) is 4.10. The molecule has 3 heterocycles. The number of carbonyl (C=O) groups excluding carboxylic acids is 1. The SMILES string of the molecule is COC(=O)[C@@H]1C[C@@H](O)CN1Cn1nc(-c2ccco2)oc1=S. The number of aromatic nitrogens is 2. The lowest BCUT2D eigenvalue weighted by Gasteiger charge is -2.21. The Hall–Kier alpha value is -1.97. The lowest BCUT2D eigenvalue weighted by atomic mass is 10.2. The van der Waals surface area contributed by atoms with E-state index in [-0.39, 0.29) is 17.4 Å². The second-order valence-corrected chi connectivity index (χ2v) is 5.34. The Morgan fingerprint density at radius 2 is 2.45 bits per heavy atom. The predicted molar refractivity (Wildman–Crippen MR) is 76.2 cm³/mol. The number of nitrogens with zero attached hydrogens (tertiary/aromatic N) is 3. The third-order valence-electron chi connectivity index (χ3n) is 3.51. The Labute approximate surface area is 130 Å². The van der Waals surface area contributed by atoms with E-state index in [1.165, 1.54) is 18.1 Å². The number of ether oxygens (including phenoxy) is 1. The van der Waals surface area contributed by atoms with Crippen molar-refractivity contribution in [3.8, 4) is 11.7 Å². The maximum Gasteiger partial charge on any atom is 0.323 e. The van der Waals surface area contributed by atoms with Crippen molar-refractivity contribution >= 4 is 18.2 Å². The van der Waals surface area contributed by atoms with Gasteiger partial charge in [-0.1, -0.05) is 0 Å². The molecule has 3 rings (SSSR count). The number of esters is 1. The molecule has 0 amide bonds. The summed E-state index contributed by atoms with van der Waals surface area (Å²) in [5.41, 5.74) is 0. The molecule has 22 heavy (non-hydrogen) atoms. The van der Waals surface area contributed by atoms with Crippen LogP contribution in [-0.2, 0) is 16.2 Å². The molecule has 118 valence electrons. The van der Waals surface area contributed by atoms with Gasteiger partial charge < -0.3 is 18.7 Å². The van der Waals surface area contributed by atoms with Gasteiger partial charge in [0, 0.05) is 13.0 Å². The van der Waals surface area contributed by atoms with Gasteiger partial charge in [-0.05, 0) is 24.4 Å². The number of furan rings is 1. The summed E-state index contributed by atoms with van der Waals surface area (Å²) in [5, 5.41) is 14.0. The molecule has 1 fully saturated rings. The molecule has 0 radical (unpaired) electrons. The van der Waals surface area contributed by atoms with E-state index in [0.29, 0.717) is 18.7 Å². The van der Waals surface area contributed by atoms with Crippen LogP contribution in [0.5, 0.6) is 0 Å². The molecular formula is C13H15N3O5S. The van der Waals surface area contributed by atoms with Gasteiger partial charge in [-0.3, -0.25) is 9.69 Å². The zero-order valence-corrected chi connectivity index (χ0v) is 12.7. The molecule has 1 aliphatic heterocycles. The molecule has 0 bridgehead atoms. The van der Waals surface area contributed by atoms with E-state index in [0.717, 1.165) is 0 Å². The summed E-state index contributed by atoms with van der Waals surface area (Å²) >= 11 is 5.13. The Morgan fingerprint density at radius 1 is 1.64 bits per heavy atom. The van der Waals surface area contributed by atoms with Gasteiger partial charge in [0.05, 0.1) is 26.1 Å². The number of β-amino-alcohol motifs (C(OH)–C–C–N with tert-alkyl or cyclic N) is 1. The maximum atomic E-state index is 11.8. The number of rotatable bonds is 4. The monoisotopic (exact) mass is 325 g/mol. The molecule has 1 aliphatic rings. The van der Waals surface area contributed by atoms with E-state index in [1.807, 2.05) is 0 Å². The second-order valence-electron chi connectivity index (χ2n) is 4.99. The minimum atomic E-state index is -0.588. The smallest absolute Gasteiger partial charge is 0.323 e. The zero-order chi connectivity index (χ0) is 15.7. The number of hydrogen-bond acceptors (Lipinski definition) is 8. The number of carbonyl (C=O) groups is 1. The van der Waals surface area contributed by atoms with Crippen molar-refractivity contribution in [2.24, 2.45) is 0 Å². The first-order valence-electron chi connectivity index (χ1n) is 6.70. The van der Waals surface area contributed by atoms with Crippen LogP contribution in [0.3, 0.4) is 0 Å². The molecule has 0 aromatic carbocycles. The van der Waals surface area contributed by atoms with Crippen LogP contribution in [0.4, 0.5) is 0 Å². The van der Waals surface area contributed by atoms with Crippen molar-refractivity contribution in [3.63, 3.8) is 0 Å². The topological polar surface area (TPSA) is 93.9 Å². The molecular weight excluding hydrogens is 310 g/mol. The molecule has 8 nitrogen and oxygen atoms in total. The molecule has 0 unspecified atom stereocenters. The highest BCUT2D eigenvalue weighted by Gasteiger charge is 2.37. The summed E-state index contributed by atoms with van der Waals surface area (Å²) < 4.78 is 16.8. The number of methoxy groups -OCH3 is 1. The number of hydrogen-bond donors (Lipinski definition) is 1. The Balaban J connectivity index is 1.81. The van der Waals surface area contributed by atoms with Crippen molar-refractivity contribution in [2.75, 3.05) is 13.7 Å². The van der Waals surface area contributed by atoms with Gasteiger partial charge in [0.25, 0.3) is 10.7 Å². The molecule has 0 spiro atoms. The van der Waals surface area contributed by atoms with Crippen LogP contribution in [0.2, 0.25) is 0 Å². The fourth-order valence-corrected chi connectivity index (χ4v) is 2.66. The van der Waals surface area contributed by atoms with Gasteiger partial charge in [0.1, 0.15) is 6.04 Å². The fourth-order valence-electron chi connectivity index (χ4n) is 2.48. The number of aliphatic hydroxyl groups is 1. The van der Waals surface area contributed by atoms with E-state index < -0.39 is 18.1 Å². The van der Waals surface area contributed by atoms with Crippen molar-refractivity contribution in [2.45, 2.75) is 25.2 Å². The highest BCUT2D eigenvalue weighted by atomic mass is 32.1. The third-order valence-corrected chi connectivity index (χ3v) is 3.80. The third kappa shape index (κ3) is 2.82. The van der Waals surface area contributed by atoms with E-state index in [1.54, 1.807) is 17.0 Å². The summed E-state index contributed by atoms with van der Waals surface area (Å²) in [6.07, 6.45) is 1.25. The summed E-state index contributed by atoms with van der Waals surface area (Å²) in [4.78, 5) is 13.7. The van der Waals surface area contributed by atoms with Crippen LogP contribution < -0.4 is 0 Å². The molecule has 1 N–H and O–H groups in total. The normalized spacial score (nSPS) is 22.1. The van der Waals surface area contributed by atoms with E-state index in [9.17, 15) is 9.90 Å². The molecule has 1 saturated heterocycles. The quantitative estimate of drug-likeness (QED) is 0.658. The molecule has 0 aliphatic carbocycles. The second kappa shape index (κ2) is 6.03. The fraction of sp³-hybridized carbons (Fsp3) is 0.462. The lowest BCUT2D eigenvalue weighted by molar-refractivity contribution is -0.146. The largest absolute Gasteiger partial charge is 0.468 e. The van der Waals surface area contributed by atoms with Gasteiger partial charge in [-0.15, -0.1) is 5.10 Å². The first-order chi connectivity index (χ1) is 10.6. The first-order valence-corrected chi connectivity index (χ1v) is 7.11. The molecule has 2 aromatic rings. The van der Waals surface area contributed by atoms with Crippen LogP contribution in [-0.4, -0.2) is 51.6 Å². The Bertz CT molecular complexity index is 708. The average molecular weight is 325 g/mol. The van der Waals surface area contributed by atoms with Crippen molar-refractivity contribution in [3.05, 3.63) is 23.2 Å². The number of likely N-dealkylation sites (tertiary alicyclic amines) is 1. The standard InChI is InChI=1S/C13H15N3O5S/c1-19-12(18)9-5-8(17)6-15(9)7-16-13(22)21-11(14-16)10-3-2-4-20-10/h2-4,8-9,17H,5-7H2,1H3/t8-,9+/m1/s1. The van der Waals surface area contributed by atoms with Gasteiger partial charge in [0.15, 0.2) is 5.76 Å².